The molecule has 1 rings (SSSR count). The van der Waals surface area contributed by atoms with Crippen LogP contribution in [0.5, 0.6) is 0 Å². The molecule has 12 heavy (non-hydrogen) atoms. The molecular formula is C8H19NO2Si. The molecule has 72 valence electrons. The van der Waals surface area contributed by atoms with Crippen molar-refractivity contribution < 1.29 is 8.85 Å². The van der Waals surface area contributed by atoms with Crippen molar-refractivity contribution in [2.75, 3.05) is 20.8 Å². The van der Waals surface area contributed by atoms with Gasteiger partial charge in [0.2, 0.25) is 0 Å². The maximum atomic E-state index is 5.43. The van der Waals surface area contributed by atoms with E-state index in [1.807, 2.05) is 0 Å². The lowest BCUT2D eigenvalue weighted by molar-refractivity contribution is 0.187. The van der Waals surface area contributed by atoms with Crippen LogP contribution in [0, 0.1) is 5.41 Å². The summed E-state index contributed by atoms with van der Waals surface area (Å²) in [6, 6.07) is 1.05. The molecule has 0 bridgehead atoms. The average molecular weight is 189 g/mol. The molecule has 0 aliphatic carbocycles. The van der Waals surface area contributed by atoms with Gasteiger partial charge >= 0.3 is 8.72 Å². The van der Waals surface area contributed by atoms with E-state index in [1.165, 1.54) is 6.42 Å². The number of rotatable bonds is 2. The Balaban J connectivity index is 2.53. The number of nitrogens with one attached hydrogen (secondary N) is 1. The zero-order chi connectivity index (χ0) is 9.24. The molecule has 0 spiro atoms. The normalized spacial score (nSPS) is 27.0. The molecule has 3 nitrogen and oxygen atoms in total. The molecule has 1 aliphatic heterocycles. The Hall–Kier alpha value is 0.0969. The number of hydrogen-bond acceptors (Lipinski definition) is 3. The van der Waals surface area contributed by atoms with Gasteiger partial charge in [0.15, 0.2) is 0 Å². The number of hydrogen-bond donors (Lipinski definition) is 1. The van der Waals surface area contributed by atoms with Crippen molar-refractivity contribution in [3.63, 3.8) is 0 Å². The third kappa shape index (κ3) is 2.07. The monoisotopic (exact) mass is 189 g/mol. The van der Waals surface area contributed by atoms with Gasteiger partial charge < -0.3 is 8.85 Å². The minimum atomic E-state index is -1.97. The molecule has 0 aromatic carbocycles. The summed E-state index contributed by atoms with van der Waals surface area (Å²) in [5, 5.41) is 0. The fourth-order valence-corrected chi connectivity index (χ4v) is 4.28. The highest BCUT2D eigenvalue weighted by Crippen LogP contribution is 2.30. The summed E-state index contributed by atoms with van der Waals surface area (Å²) in [6.07, 6.45) is 1.19. The summed E-state index contributed by atoms with van der Waals surface area (Å²) in [4.78, 5) is 3.42. The Morgan fingerprint density at radius 3 is 2.17 bits per heavy atom. The van der Waals surface area contributed by atoms with Crippen LogP contribution in [0.25, 0.3) is 0 Å². The van der Waals surface area contributed by atoms with Gasteiger partial charge in [-0.15, -0.1) is 0 Å². The van der Waals surface area contributed by atoms with E-state index >= 15 is 0 Å². The van der Waals surface area contributed by atoms with Crippen LogP contribution in [0.2, 0.25) is 6.04 Å². The molecule has 1 heterocycles. The summed E-state index contributed by atoms with van der Waals surface area (Å²) in [7, 11) is 1.50. The van der Waals surface area contributed by atoms with E-state index in [0.29, 0.717) is 5.41 Å². The molecule has 1 saturated heterocycles. The quantitative estimate of drug-likeness (QED) is 0.663. The summed E-state index contributed by atoms with van der Waals surface area (Å²) in [5.74, 6) is 0. The maximum Gasteiger partial charge on any atom is 0.424 e. The van der Waals surface area contributed by atoms with Crippen molar-refractivity contribution in [1.29, 1.82) is 0 Å². The zero-order valence-electron chi connectivity index (χ0n) is 8.44. The lowest BCUT2D eigenvalue weighted by atomic mass is 9.90. The van der Waals surface area contributed by atoms with Crippen molar-refractivity contribution in [3.05, 3.63) is 0 Å². The van der Waals surface area contributed by atoms with E-state index < -0.39 is 8.72 Å². The van der Waals surface area contributed by atoms with Crippen LogP contribution in [0.1, 0.15) is 20.3 Å². The minimum absolute atomic E-state index is 0.396. The average Bonchev–Trinajstić information content (AvgIpc) is 2.06. The van der Waals surface area contributed by atoms with E-state index in [0.717, 1.165) is 12.6 Å². The van der Waals surface area contributed by atoms with Crippen molar-refractivity contribution >= 4 is 8.72 Å². The lowest BCUT2D eigenvalue weighted by Crippen LogP contribution is -2.60. The smallest absolute Gasteiger partial charge is 0.386 e. The van der Waals surface area contributed by atoms with E-state index in [4.69, 9.17) is 8.85 Å². The molecule has 1 N–H and O–H groups in total. The van der Waals surface area contributed by atoms with Crippen molar-refractivity contribution in [1.82, 2.24) is 4.98 Å². The third-order valence-corrected chi connectivity index (χ3v) is 5.57. The second-order valence-electron chi connectivity index (χ2n) is 4.18. The molecule has 0 saturated carbocycles. The third-order valence-electron chi connectivity index (χ3n) is 2.63. The molecule has 1 fully saturated rings. The molecule has 0 atom stereocenters. The standard InChI is InChI=1S/C8H19NO2Si/c1-8(2)5-6-12(10-3,11-4)9-7-8/h9H,5-7H2,1-4H3. The van der Waals surface area contributed by atoms with Gasteiger partial charge in [0, 0.05) is 20.3 Å². The highest BCUT2D eigenvalue weighted by molar-refractivity contribution is 6.64. The highest BCUT2D eigenvalue weighted by Gasteiger charge is 2.42. The molecule has 0 unspecified atom stereocenters. The Morgan fingerprint density at radius 1 is 1.25 bits per heavy atom. The lowest BCUT2D eigenvalue weighted by Gasteiger charge is -2.39. The first-order valence-corrected chi connectivity index (χ1v) is 6.41. The van der Waals surface area contributed by atoms with E-state index in [2.05, 4.69) is 18.8 Å². The molecule has 0 radical (unpaired) electrons. The first-order valence-electron chi connectivity index (χ1n) is 4.39. The van der Waals surface area contributed by atoms with Gasteiger partial charge in [-0.05, 0) is 18.4 Å². The van der Waals surface area contributed by atoms with Crippen molar-refractivity contribution in [2.45, 2.75) is 26.3 Å². The second-order valence-corrected chi connectivity index (χ2v) is 7.35. The molecule has 0 aromatic heterocycles. The van der Waals surface area contributed by atoms with Crippen LogP contribution in [0.4, 0.5) is 0 Å². The van der Waals surface area contributed by atoms with Gasteiger partial charge in [0.25, 0.3) is 0 Å². The van der Waals surface area contributed by atoms with Gasteiger partial charge in [-0.2, -0.15) is 0 Å². The van der Waals surface area contributed by atoms with Gasteiger partial charge in [-0.1, -0.05) is 13.8 Å². The molecule has 1 aliphatic rings. The molecular weight excluding hydrogens is 170 g/mol. The van der Waals surface area contributed by atoms with Gasteiger partial charge in [0.1, 0.15) is 0 Å². The Kier molecular flexibility index (Phi) is 2.93. The SMILES string of the molecule is CO[Si]1(OC)CCC(C)(C)CN1. The van der Waals surface area contributed by atoms with Crippen LogP contribution in [0.15, 0.2) is 0 Å². The van der Waals surface area contributed by atoms with E-state index in [9.17, 15) is 0 Å². The van der Waals surface area contributed by atoms with Crippen LogP contribution < -0.4 is 4.98 Å². The van der Waals surface area contributed by atoms with E-state index in [-0.39, 0.29) is 0 Å². The second kappa shape index (κ2) is 3.45. The zero-order valence-corrected chi connectivity index (χ0v) is 9.44. The predicted molar refractivity (Wildman–Crippen MR) is 51.0 cm³/mol. The summed E-state index contributed by atoms with van der Waals surface area (Å²) < 4.78 is 10.9. The van der Waals surface area contributed by atoms with E-state index in [1.54, 1.807) is 14.2 Å². The summed E-state index contributed by atoms with van der Waals surface area (Å²) in [6.45, 7) is 5.54. The Labute approximate surface area is 75.8 Å². The fraction of sp³-hybridized carbons (Fsp3) is 1.00. The minimum Gasteiger partial charge on any atom is -0.386 e. The highest BCUT2D eigenvalue weighted by atomic mass is 28.4. The molecule has 4 heteroatoms. The van der Waals surface area contributed by atoms with Crippen LogP contribution >= 0.6 is 0 Å². The first-order chi connectivity index (χ1) is 5.54. The van der Waals surface area contributed by atoms with Gasteiger partial charge in [0.05, 0.1) is 0 Å². The van der Waals surface area contributed by atoms with Crippen LogP contribution in [0.3, 0.4) is 0 Å². The molecule has 0 amide bonds. The topological polar surface area (TPSA) is 30.5 Å². The Bertz CT molecular complexity index is 145. The maximum absolute atomic E-state index is 5.43. The Morgan fingerprint density at radius 2 is 1.83 bits per heavy atom. The van der Waals surface area contributed by atoms with Gasteiger partial charge in [-0.3, -0.25) is 4.98 Å². The summed E-state index contributed by atoms with van der Waals surface area (Å²) in [5.41, 5.74) is 0.396. The van der Waals surface area contributed by atoms with Crippen LogP contribution in [-0.2, 0) is 8.85 Å². The van der Waals surface area contributed by atoms with Gasteiger partial charge in [-0.25, -0.2) is 0 Å². The van der Waals surface area contributed by atoms with Crippen LogP contribution in [-0.4, -0.2) is 29.5 Å². The summed E-state index contributed by atoms with van der Waals surface area (Å²) >= 11 is 0. The largest absolute Gasteiger partial charge is 0.424 e. The van der Waals surface area contributed by atoms with Crippen molar-refractivity contribution in [2.24, 2.45) is 5.41 Å². The van der Waals surface area contributed by atoms with Crippen molar-refractivity contribution in [3.8, 4) is 0 Å². The first kappa shape index (κ1) is 10.2. The fourth-order valence-electron chi connectivity index (χ4n) is 1.49. The molecule has 0 aromatic rings. The predicted octanol–water partition coefficient (Wildman–Crippen LogP) is 1.24.